The molecule has 3 rings (SSSR count). The largest absolute Gasteiger partial charge is 0.342 e. The fourth-order valence-corrected chi connectivity index (χ4v) is 4.58. The Labute approximate surface area is 135 Å². The molecule has 0 aromatic carbocycles. The second-order valence-electron chi connectivity index (χ2n) is 7.79. The predicted octanol–water partition coefficient (Wildman–Crippen LogP) is 2.05. The van der Waals surface area contributed by atoms with Crippen LogP contribution < -0.4 is 0 Å². The molecule has 3 aliphatic heterocycles. The van der Waals surface area contributed by atoms with E-state index in [-0.39, 0.29) is 5.41 Å². The van der Waals surface area contributed by atoms with Crippen LogP contribution in [0.3, 0.4) is 0 Å². The standard InChI is InChI=1S/C18H33N3O/c1-3-21-15-9-18(17(21)22)7-13-20(14-8-18)12-6-16-4-10-19(2)11-5-16/h16H,3-15H2,1-2H3. The molecule has 3 fully saturated rings. The first-order chi connectivity index (χ1) is 10.6. The molecular formula is C18H33N3O. The Hall–Kier alpha value is -0.610. The van der Waals surface area contributed by atoms with Gasteiger partial charge in [-0.15, -0.1) is 0 Å². The predicted molar refractivity (Wildman–Crippen MR) is 89.8 cm³/mol. The highest BCUT2D eigenvalue weighted by molar-refractivity contribution is 5.85. The quantitative estimate of drug-likeness (QED) is 0.795. The Balaban J connectivity index is 1.42. The summed E-state index contributed by atoms with van der Waals surface area (Å²) in [5, 5.41) is 0. The van der Waals surface area contributed by atoms with Crippen LogP contribution in [0.15, 0.2) is 0 Å². The van der Waals surface area contributed by atoms with Gasteiger partial charge in [0, 0.05) is 13.1 Å². The molecule has 0 aliphatic carbocycles. The minimum atomic E-state index is 0.0139. The first-order valence-electron chi connectivity index (χ1n) is 9.33. The third kappa shape index (κ3) is 3.33. The third-order valence-electron chi connectivity index (χ3n) is 6.49. The molecule has 4 heteroatoms. The highest BCUT2D eigenvalue weighted by atomic mass is 16.2. The van der Waals surface area contributed by atoms with Crippen molar-refractivity contribution in [3.05, 3.63) is 0 Å². The lowest BCUT2D eigenvalue weighted by molar-refractivity contribution is -0.138. The number of likely N-dealkylation sites (tertiary alicyclic amines) is 3. The van der Waals surface area contributed by atoms with Crippen LogP contribution in [0.1, 0.15) is 45.4 Å². The van der Waals surface area contributed by atoms with Crippen molar-refractivity contribution in [1.82, 2.24) is 14.7 Å². The molecule has 3 heterocycles. The molecule has 3 aliphatic rings. The van der Waals surface area contributed by atoms with Crippen LogP contribution in [0.2, 0.25) is 0 Å². The van der Waals surface area contributed by atoms with E-state index in [0.29, 0.717) is 5.91 Å². The van der Waals surface area contributed by atoms with Crippen molar-refractivity contribution < 1.29 is 4.79 Å². The Morgan fingerprint density at radius 2 is 1.68 bits per heavy atom. The van der Waals surface area contributed by atoms with Gasteiger partial charge in [-0.1, -0.05) is 0 Å². The molecule has 1 spiro atoms. The Morgan fingerprint density at radius 3 is 2.27 bits per heavy atom. The lowest BCUT2D eigenvalue weighted by Gasteiger charge is -2.39. The average molecular weight is 307 g/mol. The maximum absolute atomic E-state index is 12.6. The molecule has 0 aromatic heterocycles. The molecule has 0 N–H and O–H groups in total. The van der Waals surface area contributed by atoms with E-state index in [1.54, 1.807) is 0 Å². The molecule has 0 unspecified atom stereocenters. The van der Waals surface area contributed by atoms with Crippen molar-refractivity contribution in [3.8, 4) is 0 Å². The number of rotatable bonds is 4. The smallest absolute Gasteiger partial charge is 0.228 e. The van der Waals surface area contributed by atoms with E-state index >= 15 is 0 Å². The number of piperidine rings is 2. The van der Waals surface area contributed by atoms with Crippen molar-refractivity contribution in [2.75, 3.05) is 52.9 Å². The van der Waals surface area contributed by atoms with Gasteiger partial charge in [-0.05, 0) is 91.1 Å². The zero-order chi connectivity index (χ0) is 15.6. The molecule has 126 valence electrons. The van der Waals surface area contributed by atoms with Crippen LogP contribution in [0.25, 0.3) is 0 Å². The van der Waals surface area contributed by atoms with E-state index in [4.69, 9.17) is 0 Å². The number of carbonyl (C=O) groups excluding carboxylic acids is 1. The molecule has 0 radical (unpaired) electrons. The molecular weight excluding hydrogens is 274 g/mol. The van der Waals surface area contributed by atoms with E-state index < -0.39 is 0 Å². The summed E-state index contributed by atoms with van der Waals surface area (Å²) in [7, 11) is 2.23. The van der Waals surface area contributed by atoms with Crippen LogP contribution in [0.4, 0.5) is 0 Å². The summed E-state index contributed by atoms with van der Waals surface area (Å²) >= 11 is 0. The van der Waals surface area contributed by atoms with Crippen molar-refractivity contribution in [1.29, 1.82) is 0 Å². The van der Waals surface area contributed by atoms with Gasteiger partial charge < -0.3 is 14.7 Å². The summed E-state index contributed by atoms with van der Waals surface area (Å²) in [5.41, 5.74) is 0.0139. The van der Waals surface area contributed by atoms with Gasteiger partial charge in [0.1, 0.15) is 0 Å². The fourth-order valence-electron chi connectivity index (χ4n) is 4.58. The molecule has 0 atom stereocenters. The van der Waals surface area contributed by atoms with Crippen LogP contribution in [0.5, 0.6) is 0 Å². The number of hydrogen-bond donors (Lipinski definition) is 0. The van der Waals surface area contributed by atoms with Crippen molar-refractivity contribution in [3.63, 3.8) is 0 Å². The zero-order valence-corrected chi connectivity index (χ0v) is 14.5. The van der Waals surface area contributed by atoms with Crippen molar-refractivity contribution in [2.45, 2.75) is 45.4 Å². The summed E-state index contributed by atoms with van der Waals surface area (Å²) in [6.07, 6.45) is 7.39. The Bertz CT molecular complexity index is 382. The highest BCUT2D eigenvalue weighted by Crippen LogP contribution is 2.41. The topological polar surface area (TPSA) is 26.8 Å². The fraction of sp³-hybridized carbons (Fsp3) is 0.944. The lowest BCUT2D eigenvalue weighted by atomic mass is 9.77. The van der Waals surface area contributed by atoms with E-state index in [1.807, 2.05) is 0 Å². The minimum absolute atomic E-state index is 0.0139. The van der Waals surface area contributed by atoms with Gasteiger partial charge in [0.05, 0.1) is 5.41 Å². The first-order valence-corrected chi connectivity index (χ1v) is 9.33. The third-order valence-corrected chi connectivity index (χ3v) is 6.49. The maximum Gasteiger partial charge on any atom is 0.228 e. The molecule has 0 bridgehead atoms. The summed E-state index contributed by atoms with van der Waals surface area (Å²) in [6, 6.07) is 0. The molecule has 0 saturated carbocycles. The molecule has 4 nitrogen and oxygen atoms in total. The zero-order valence-electron chi connectivity index (χ0n) is 14.5. The maximum atomic E-state index is 12.6. The second-order valence-corrected chi connectivity index (χ2v) is 7.79. The van der Waals surface area contributed by atoms with Gasteiger partial charge in [-0.3, -0.25) is 4.79 Å². The highest BCUT2D eigenvalue weighted by Gasteiger charge is 2.47. The first kappa shape index (κ1) is 16.3. The van der Waals surface area contributed by atoms with E-state index in [0.717, 1.165) is 51.4 Å². The van der Waals surface area contributed by atoms with Crippen LogP contribution in [0, 0.1) is 11.3 Å². The number of carbonyl (C=O) groups is 1. The van der Waals surface area contributed by atoms with E-state index in [9.17, 15) is 4.79 Å². The summed E-state index contributed by atoms with van der Waals surface area (Å²) in [5.74, 6) is 1.38. The number of nitrogens with zero attached hydrogens (tertiary/aromatic N) is 3. The molecule has 1 amide bonds. The molecule has 22 heavy (non-hydrogen) atoms. The summed E-state index contributed by atoms with van der Waals surface area (Å²) in [6.45, 7) is 10.0. The van der Waals surface area contributed by atoms with Gasteiger partial charge in [0.15, 0.2) is 0 Å². The Morgan fingerprint density at radius 1 is 1.05 bits per heavy atom. The average Bonchev–Trinajstić information content (AvgIpc) is 2.85. The van der Waals surface area contributed by atoms with Gasteiger partial charge in [0.2, 0.25) is 5.91 Å². The van der Waals surface area contributed by atoms with Crippen LogP contribution in [-0.2, 0) is 4.79 Å². The summed E-state index contributed by atoms with van der Waals surface area (Å²) in [4.78, 5) is 19.7. The molecule has 0 aromatic rings. The lowest BCUT2D eigenvalue weighted by Crippen LogP contribution is -2.45. The van der Waals surface area contributed by atoms with Gasteiger partial charge in [-0.2, -0.15) is 0 Å². The van der Waals surface area contributed by atoms with Crippen LogP contribution in [-0.4, -0.2) is 73.5 Å². The van der Waals surface area contributed by atoms with Crippen LogP contribution >= 0.6 is 0 Å². The summed E-state index contributed by atoms with van der Waals surface area (Å²) < 4.78 is 0. The Kier molecular flexibility index (Phi) is 5.08. The minimum Gasteiger partial charge on any atom is -0.342 e. The normalized spacial score (nSPS) is 27.9. The van der Waals surface area contributed by atoms with Gasteiger partial charge in [0.25, 0.3) is 0 Å². The number of amides is 1. The van der Waals surface area contributed by atoms with Crippen molar-refractivity contribution in [2.24, 2.45) is 11.3 Å². The van der Waals surface area contributed by atoms with Gasteiger partial charge in [-0.25, -0.2) is 0 Å². The number of hydrogen-bond acceptors (Lipinski definition) is 3. The van der Waals surface area contributed by atoms with Crippen molar-refractivity contribution >= 4 is 5.91 Å². The van der Waals surface area contributed by atoms with Gasteiger partial charge >= 0.3 is 0 Å². The second kappa shape index (κ2) is 6.88. The monoisotopic (exact) mass is 307 g/mol. The van der Waals surface area contributed by atoms with E-state index in [1.165, 1.54) is 38.9 Å². The SMILES string of the molecule is CCN1CCC2(CCN(CCC3CCN(C)CC3)CC2)C1=O. The van der Waals surface area contributed by atoms with E-state index in [2.05, 4.69) is 28.7 Å². The molecule has 3 saturated heterocycles.